The first kappa shape index (κ1) is 20.7. The minimum absolute atomic E-state index is 0.245. The molecule has 0 saturated carbocycles. The van der Waals surface area contributed by atoms with E-state index >= 15 is 0 Å². The summed E-state index contributed by atoms with van der Waals surface area (Å²) in [5.74, 6) is -0.412. The van der Waals surface area contributed by atoms with Gasteiger partial charge in [-0.2, -0.15) is 5.10 Å². The molecule has 2 heterocycles. The maximum atomic E-state index is 12.9. The number of phenols is 1. The standard InChI is InChI=1S/C20H19N5O5S/c1-11-2-4-13-16(6-11)31-19-18(13)20(28)24(10-21-19)9-17(27)23-22-8-12-3-5-15(26)14(7-12)25(29)30/h3,5,7-8,10-11,26H,2,4,6,9H2,1H3,(H,23,27)/t11-/m0/s1. The third-order valence-electron chi connectivity index (χ3n) is 5.20. The number of nitrogens with one attached hydrogen (secondary N) is 1. The molecule has 31 heavy (non-hydrogen) atoms. The Hall–Kier alpha value is -3.60. The molecule has 0 aliphatic heterocycles. The summed E-state index contributed by atoms with van der Waals surface area (Å²) in [5.41, 5.74) is 2.96. The van der Waals surface area contributed by atoms with Crippen molar-refractivity contribution in [2.45, 2.75) is 32.7 Å². The molecular formula is C20H19N5O5S. The highest BCUT2D eigenvalue weighted by Crippen LogP contribution is 2.35. The Bertz CT molecular complexity index is 1280. The number of hydrogen-bond donors (Lipinski definition) is 2. The number of phenolic OH excluding ortho intramolecular Hbond substituents is 1. The molecule has 2 aromatic heterocycles. The second-order valence-corrected chi connectivity index (χ2v) is 8.59. The number of hydrogen-bond acceptors (Lipinski definition) is 8. The predicted molar refractivity (Wildman–Crippen MR) is 116 cm³/mol. The molecule has 1 aliphatic carbocycles. The highest BCUT2D eigenvalue weighted by Gasteiger charge is 2.23. The van der Waals surface area contributed by atoms with Crippen molar-refractivity contribution in [2.75, 3.05) is 0 Å². The molecule has 0 fully saturated rings. The number of aromatic nitrogens is 2. The molecule has 4 rings (SSSR count). The fourth-order valence-electron chi connectivity index (χ4n) is 3.61. The van der Waals surface area contributed by atoms with Gasteiger partial charge in [0, 0.05) is 16.5 Å². The molecule has 0 saturated heterocycles. The maximum absolute atomic E-state index is 12.9. The minimum atomic E-state index is -0.718. The molecule has 1 atom stereocenters. The van der Waals surface area contributed by atoms with Crippen LogP contribution >= 0.6 is 11.3 Å². The number of amides is 1. The van der Waals surface area contributed by atoms with Crippen LogP contribution in [0.5, 0.6) is 5.75 Å². The molecule has 11 heteroatoms. The second kappa shape index (κ2) is 8.26. The number of rotatable bonds is 5. The highest BCUT2D eigenvalue weighted by atomic mass is 32.1. The molecular weight excluding hydrogens is 422 g/mol. The number of benzene rings is 1. The molecule has 1 amide bonds. The molecule has 160 valence electrons. The molecule has 3 aromatic rings. The zero-order valence-corrected chi connectivity index (χ0v) is 17.4. The van der Waals surface area contributed by atoms with Crippen LogP contribution in [0.25, 0.3) is 10.2 Å². The summed E-state index contributed by atoms with van der Waals surface area (Å²) in [6, 6.07) is 3.72. The van der Waals surface area contributed by atoms with Gasteiger partial charge in [0.1, 0.15) is 11.4 Å². The van der Waals surface area contributed by atoms with Crippen molar-refractivity contribution in [3.8, 4) is 5.75 Å². The van der Waals surface area contributed by atoms with Crippen LogP contribution < -0.4 is 11.0 Å². The number of aromatic hydroxyl groups is 1. The average molecular weight is 441 g/mol. The van der Waals surface area contributed by atoms with Crippen LogP contribution in [-0.2, 0) is 24.2 Å². The van der Waals surface area contributed by atoms with Gasteiger partial charge < -0.3 is 5.11 Å². The van der Waals surface area contributed by atoms with Crippen molar-refractivity contribution in [3.63, 3.8) is 0 Å². The number of carbonyl (C=O) groups excluding carboxylic acids is 1. The van der Waals surface area contributed by atoms with Gasteiger partial charge >= 0.3 is 5.69 Å². The van der Waals surface area contributed by atoms with E-state index in [9.17, 15) is 24.8 Å². The Kier molecular flexibility index (Phi) is 5.51. The largest absolute Gasteiger partial charge is 0.502 e. The third kappa shape index (κ3) is 4.17. The molecule has 1 aromatic carbocycles. The quantitative estimate of drug-likeness (QED) is 0.354. The number of nitro benzene ring substituents is 1. The highest BCUT2D eigenvalue weighted by molar-refractivity contribution is 7.18. The number of aryl methyl sites for hydroxylation is 1. The zero-order chi connectivity index (χ0) is 22.1. The van der Waals surface area contributed by atoms with Gasteiger partial charge in [-0.15, -0.1) is 11.3 Å². The molecule has 0 spiro atoms. The summed E-state index contributed by atoms with van der Waals surface area (Å²) in [6.45, 7) is 1.94. The van der Waals surface area contributed by atoms with Gasteiger partial charge in [0.2, 0.25) is 0 Å². The van der Waals surface area contributed by atoms with Crippen molar-refractivity contribution in [1.82, 2.24) is 15.0 Å². The Labute approximate surface area is 180 Å². The van der Waals surface area contributed by atoms with E-state index in [1.54, 1.807) is 11.3 Å². The van der Waals surface area contributed by atoms with Crippen LogP contribution in [0.2, 0.25) is 0 Å². The first-order valence-electron chi connectivity index (χ1n) is 9.62. The Morgan fingerprint density at radius 1 is 1.52 bits per heavy atom. The minimum Gasteiger partial charge on any atom is -0.502 e. The van der Waals surface area contributed by atoms with Crippen LogP contribution in [0, 0.1) is 16.0 Å². The molecule has 10 nitrogen and oxygen atoms in total. The van der Waals surface area contributed by atoms with Gasteiger partial charge in [-0.1, -0.05) is 6.92 Å². The van der Waals surface area contributed by atoms with Gasteiger partial charge in [0.15, 0.2) is 5.75 Å². The summed E-state index contributed by atoms with van der Waals surface area (Å²) in [5, 5.41) is 24.7. The third-order valence-corrected chi connectivity index (χ3v) is 6.36. The van der Waals surface area contributed by atoms with Crippen LogP contribution in [0.1, 0.15) is 29.3 Å². The van der Waals surface area contributed by atoms with Crippen LogP contribution in [-0.4, -0.2) is 31.7 Å². The normalized spacial score (nSPS) is 15.8. The first-order valence-corrected chi connectivity index (χ1v) is 10.4. The van der Waals surface area contributed by atoms with Crippen molar-refractivity contribution < 1.29 is 14.8 Å². The molecule has 2 N–H and O–H groups in total. The molecule has 0 radical (unpaired) electrons. The summed E-state index contributed by atoms with van der Waals surface area (Å²) >= 11 is 1.55. The van der Waals surface area contributed by atoms with Gasteiger partial charge in [-0.05, 0) is 42.9 Å². The lowest BCUT2D eigenvalue weighted by atomic mass is 9.89. The van der Waals surface area contributed by atoms with E-state index in [0.29, 0.717) is 21.7 Å². The predicted octanol–water partition coefficient (Wildman–Crippen LogP) is 2.35. The lowest BCUT2D eigenvalue weighted by Gasteiger charge is -2.17. The molecule has 0 bridgehead atoms. The Balaban J connectivity index is 1.48. The summed E-state index contributed by atoms with van der Waals surface area (Å²) in [7, 11) is 0. The fraction of sp³-hybridized carbons (Fsp3) is 0.300. The van der Waals surface area contributed by atoms with E-state index in [1.165, 1.54) is 34.1 Å². The Morgan fingerprint density at radius 3 is 3.10 bits per heavy atom. The zero-order valence-electron chi connectivity index (χ0n) is 16.6. The van der Waals surface area contributed by atoms with Crippen LogP contribution in [0.15, 0.2) is 34.4 Å². The SMILES string of the molecule is C[C@H]1CCc2c(sc3ncn(CC(=O)NN=Cc4ccc(O)c([N+](=O)[O-])c4)c(=O)c23)C1. The molecule has 1 aliphatic rings. The van der Waals surface area contributed by atoms with Crippen LogP contribution in [0.3, 0.4) is 0 Å². The fourth-order valence-corrected chi connectivity index (χ4v) is 4.96. The van der Waals surface area contributed by atoms with Gasteiger partial charge in [0.05, 0.1) is 22.9 Å². The van der Waals surface area contributed by atoms with Gasteiger partial charge in [-0.3, -0.25) is 24.3 Å². The van der Waals surface area contributed by atoms with E-state index in [0.717, 1.165) is 30.9 Å². The first-order chi connectivity index (χ1) is 14.8. The number of carbonyl (C=O) groups is 1. The van der Waals surface area contributed by atoms with Gasteiger partial charge in [-0.25, -0.2) is 10.4 Å². The summed E-state index contributed by atoms with van der Waals surface area (Å²) in [4.78, 5) is 41.6. The van der Waals surface area contributed by atoms with Crippen molar-refractivity contribution in [1.29, 1.82) is 0 Å². The number of hydrazone groups is 1. The number of fused-ring (bicyclic) bond motifs is 3. The van der Waals surface area contributed by atoms with E-state index < -0.39 is 22.3 Å². The van der Waals surface area contributed by atoms with Crippen LogP contribution in [0.4, 0.5) is 5.69 Å². The average Bonchev–Trinajstić information content (AvgIpc) is 3.09. The van der Waals surface area contributed by atoms with Crippen molar-refractivity contribution >= 4 is 39.4 Å². The number of nitro groups is 1. The maximum Gasteiger partial charge on any atom is 0.311 e. The van der Waals surface area contributed by atoms with E-state index in [-0.39, 0.29) is 12.1 Å². The number of thiophene rings is 1. The second-order valence-electron chi connectivity index (χ2n) is 7.51. The lowest BCUT2D eigenvalue weighted by molar-refractivity contribution is -0.385. The van der Waals surface area contributed by atoms with Crippen molar-refractivity contribution in [3.05, 3.63) is 61.0 Å². The van der Waals surface area contributed by atoms with E-state index in [4.69, 9.17) is 0 Å². The smallest absolute Gasteiger partial charge is 0.311 e. The summed E-state index contributed by atoms with van der Waals surface area (Å²) in [6.07, 6.45) is 5.39. The lowest BCUT2D eigenvalue weighted by Crippen LogP contribution is -2.30. The van der Waals surface area contributed by atoms with E-state index in [2.05, 4.69) is 22.4 Å². The van der Waals surface area contributed by atoms with Crippen molar-refractivity contribution in [2.24, 2.45) is 11.0 Å². The topological polar surface area (TPSA) is 140 Å². The van der Waals surface area contributed by atoms with E-state index in [1.807, 2.05) is 0 Å². The van der Waals surface area contributed by atoms with Gasteiger partial charge in [0.25, 0.3) is 11.5 Å². The molecule has 0 unspecified atom stereocenters. The monoisotopic (exact) mass is 441 g/mol. The Morgan fingerprint density at radius 2 is 2.32 bits per heavy atom. The summed E-state index contributed by atoms with van der Waals surface area (Å²) < 4.78 is 1.25. The number of nitrogens with zero attached hydrogens (tertiary/aromatic N) is 4.